The van der Waals surface area contributed by atoms with Crippen molar-refractivity contribution in [3.05, 3.63) is 143 Å². The second kappa shape index (κ2) is 12.9. The van der Waals surface area contributed by atoms with Crippen molar-refractivity contribution in [2.24, 2.45) is 0 Å². The van der Waals surface area contributed by atoms with Crippen LogP contribution in [0.15, 0.2) is 115 Å². The van der Waals surface area contributed by atoms with E-state index in [1.807, 2.05) is 78.9 Å². The number of ketones is 1. The van der Waals surface area contributed by atoms with E-state index in [0.717, 1.165) is 11.1 Å². The summed E-state index contributed by atoms with van der Waals surface area (Å²) in [6, 6.07) is 34.2. The summed E-state index contributed by atoms with van der Waals surface area (Å²) < 4.78 is 56.9. The number of hydrogen-bond acceptors (Lipinski definition) is 4. The average molecular weight is 619 g/mol. The van der Waals surface area contributed by atoms with E-state index in [1.165, 1.54) is 12.1 Å². The number of carbonyl (C=O) groups excluding carboxylic acids is 1. The van der Waals surface area contributed by atoms with E-state index in [1.54, 1.807) is 65.8 Å². The lowest BCUT2D eigenvalue weighted by molar-refractivity contribution is -0.0213. The minimum absolute atomic E-state index is 0.0655. The molecule has 0 aliphatic carbocycles. The molecule has 4 aromatic rings. The molecule has 4 rings (SSSR count). The van der Waals surface area contributed by atoms with Gasteiger partial charge in [-0.2, -0.15) is 8.78 Å². The molecule has 0 spiro atoms. The molecule has 0 saturated heterocycles. The van der Waals surface area contributed by atoms with Gasteiger partial charge in [0.1, 0.15) is 0 Å². The predicted octanol–water partition coefficient (Wildman–Crippen LogP) is 10.2. The topological polar surface area (TPSA) is 52.6 Å². The molecule has 0 fully saturated rings. The van der Waals surface area contributed by atoms with Crippen molar-refractivity contribution in [3.63, 3.8) is 0 Å². The van der Waals surface area contributed by atoms with Gasteiger partial charge < -0.3 is 0 Å². The Labute approximate surface area is 260 Å². The van der Waals surface area contributed by atoms with Crippen LogP contribution >= 0.6 is 7.60 Å². The van der Waals surface area contributed by atoms with Gasteiger partial charge >= 0.3 is 13.3 Å². The summed E-state index contributed by atoms with van der Waals surface area (Å²) in [5, 5.41) is 0. The quantitative estimate of drug-likeness (QED) is 0.124. The normalized spacial score (nSPS) is 14.2. The smallest absolute Gasteiger partial charge is 0.298 e. The number of hydrogen-bond donors (Lipinski definition) is 0. The van der Waals surface area contributed by atoms with Crippen molar-refractivity contribution in [3.8, 4) is 0 Å². The highest BCUT2D eigenvalue weighted by Crippen LogP contribution is 2.69. The molecule has 0 amide bonds. The summed E-state index contributed by atoms with van der Waals surface area (Å²) in [7, 11) is -4.98. The van der Waals surface area contributed by atoms with Crippen molar-refractivity contribution in [1.29, 1.82) is 0 Å². The summed E-state index contributed by atoms with van der Waals surface area (Å²) in [4.78, 5) is 14.5. The molecular formula is C37H41F2O4P. The maximum atomic E-state index is 16.1. The first-order chi connectivity index (χ1) is 20.5. The fraction of sp³-hybridized carbons (Fsp3) is 0.324. The third kappa shape index (κ3) is 7.79. The van der Waals surface area contributed by atoms with Crippen molar-refractivity contribution in [1.82, 2.24) is 0 Å². The van der Waals surface area contributed by atoms with Gasteiger partial charge in [-0.15, -0.1) is 0 Å². The molecule has 0 aromatic heterocycles. The minimum Gasteiger partial charge on any atom is -0.298 e. The van der Waals surface area contributed by atoms with Crippen LogP contribution in [0.4, 0.5) is 8.78 Å². The molecule has 1 atom stereocenters. The molecule has 0 heterocycles. The number of Topliss-reactive ketones (excluding diaryl/α,β-unsaturated/α-hetero) is 1. The van der Waals surface area contributed by atoms with Crippen molar-refractivity contribution >= 4 is 13.4 Å². The summed E-state index contributed by atoms with van der Waals surface area (Å²) in [6.07, 6.45) is 0.650. The Morgan fingerprint density at radius 1 is 0.591 bits per heavy atom. The van der Waals surface area contributed by atoms with Crippen LogP contribution < -0.4 is 0 Å². The number of alkyl halides is 2. The van der Waals surface area contributed by atoms with Crippen LogP contribution in [-0.2, 0) is 37.5 Å². The SMILES string of the molecule is CC(C)(C)OP(=O)(OC(C)(C)C)C(F)(F)c1ccc(CC(Cc2ccccc2)(C(=O)c2ccccc2)c2ccccc2)cc1. The zero-order chi connectivity index (χ0) is 32.2. The lowest BCUT2D eigenvalue weighted by atomic mass is 9.67. The molecular weight excluding hydrogens is 577 g/mol. The first kappa shape index (κ1) is 33.5. The zero-order valence-electron chi connectivity index (χ0n) is 26.2. The van der Waals surface area contributed by atoms with Gasteiger partial charge in [0.15, 0.2) is 5.78 Å². The molecule has 0 saturated carbocycles. The van der Waals surface area contributed by atoms with E-state index in [4.69, 9.17) is 9.05 Å². The first-order valence-corrected chi connectivity index (χ1v) is 16.3. The Balaban J connectivity index is 1.80. The lowest BCUT2D eigenvalue weighted by Gasteiger charge is -2.36. The third-order valence-electron chi connectivity index (χ3n) is 7.08. The van der Waals surface area contributed by atoms with Crippen LogP contribution in [0, 0.1) is 0 Å². The van der Waals surface area contributed by atoms with Crippen molar-refractivity contribution < 1.29 is 27.2 Å². The second-order valence-corrected chi connectivity index (χ2v) is 15.0. The summed E-state index contributed by atoms with van der Waals surface area (Å²) >= 11 is 0. The fourth-order valence-corrected chi connectivity index (χ4v) is 7.48. The Morgan fingerprint density at radius 2 is 1.00 bits per heavy atom. The van der Waals surface area contributed by atoms with E-state index < -0.39 is 35.4 Å². The zero-order valence-corrected chi connectivity index (χ0v) is 27.1. The molecule has 232 valence electrons. The molecule has 0 aliphatic heterocycles. The molecule has 0 N–H and O–H groups in total. The van der Waals surface area contributed by atoms with Gasteiger partial charge in [0.25, 0.3) is 0 Å². The fourth-order valence-electron chi connectivity index (χ4n) is 5.31. The molecule has 4 nitrogen and oxygen atoms in total. The van der Waals surface area contributed by atoms with E-state index in [9.17, 15) is 9.36 Å². The van der Waals surface area contributed by atoms with Crippen LogP contribution in [0.2, 0.25) is 0 Å². The highest BCUT2D eigenvalue weighted by atomic mass is 31.2. The first-order valence-electron chi connectivity index (χ1n) is 14.7. The molecule has 4 aromatic carbocycles. The van der Waals surface area contributed by atoms with E-state index in [2.05, 4.69) is 0 Å². The molecule has 0 aliphatic rings. The third-order valence-corrected chi connectivity index (χ3v) is 9.61. The maximum absolute atomic E-state index is 16.1. The second-order valence-electron chi connectivity index (χ2n) is 13.1. The highest BCUT2D eigenvalue weighted by Gasteiger charge is 2.58. The van der Waals surface area contributed by atoms with Gasteiger partial charge in [-0.05, 0) is 71.1 Å². The molecule has 0 bridgehead atoms. The van der Waals surface area contributed by atoms with Gasteiger partial charge in [0.2, 0.25) is 0 Å². The van der Waals surface area contributed by atoms with Gasteiger partial charge in [-0.3, -0.25) is 18.4 Å². The predicted molar refractivity (Wildman–Crippen MR) is 172 cm³/mol. The molecule has 1 unspecified atom stereocenters. The van der Waals surface area contributed by atoms with E-state index in [0.29, 0.717) is 17.5 Å². The molecule has 44 heavy (non-hydrogen) atoms. The Kier molecular flexibility index (Phi) is 9.80. The Hall–Kier alpha value is -3.44. The summed E-state index contributed by atoms with van der Waals surface area (Å²) in [6.45, 7) is 9.36. The van der Waals surface area contributed by atoms with Gasteiger partial charge in [-0.1, -0.05) is 115 Å². The molecule has 0 radical (unpaired) electrons. The number of rotatable bonds is 11. The highest BCUT2D eigenvalue weighted by molar-refractivity contribution is 7.54. The van der Waals surface area contributed by atoms with Crippen molar-refractivity contribution in [2.45, 2.75) is 76.7 Å². The van der Waals surface area contributed by atoms with Gasteiger partial charge in [0.05, 0.1) is 16.6 Å². The molecule has 7 heteroatoms. The van der Waals surface area contributed by atoms with Gasteiger partial charge in [-0.25, -0.2) is 0 Å². The van der Waals surface area contributed by atoms with Crippen LogP contribution in [0.1, 0.15) is 74.2 Å². The van der Waals surface area contributed by atoms with E-state index >= 15 is 8.78 Å². The number of carbonyl (C=O) groups is 1. The maximum Gasteiger partial charge on any atom is 0.405 e. The standard InChI is InChI=1S/C37H41F2O4P/c1-34(2,3)42-44(41,43-35(4,5)6)37(38,39)32-24-22-29(23-25-32)27-36(31-20-14-9-15-21-31,26-28-16-10-7-11-17-28)33(40)30-18-12-8-13-19-30/h7-25H,26-27H2,1-6H3. The van der Waals surface area contributed by atoms with Crippen LogP contribution in [0.25, 0.3) is 0 Å². The largest absolute Gasteiger partial charge is 0.405 e. The summed E-state index contributed by atoms with van der Waals surface area (Å²) in [5.74, 6) is -0.0655. The van der Waals surface area contributed by atoms with Crippen molar-refractivity contribution in [2.75, 3.05) is 0 Å². The van der Waals surface area contributed by atoms with Crippen LogP contribution in [-0.4, -0.2) is 17.0 Å². The van der Waals surface area contributed by atoms with Crippen LogP contribution in [0.5, 0.6) is 0 Å². The summed E-state index contributed by atoms with van der Waals surface area (Å²) in [5.41, 5.74) is -4.69. The minimum atomic E-state index is -4.98. The Bertz CT molecular complexity index is 1560. The van der Waals surface area contributed by atoms with Gasteiger partial charge in [0, 0.05) is 11.1 Å². The average Bonchev–Trinajstić information content (AvgIpc) is 2.96. The monoisotopic (exact) mass is 618 g/mol. The number of benzene rings is 4. The Morgan fingerprint density at radius 3 is 1.45 bits per heavy atom. The van der Waals surface area contributed by atoms with E-state index in [-0.39, 0.29) is 12.2 Å². The van der Waals surface area contributed by atoms with Crippen LogP contribution in [0.3, 0.4) is 0 Å². The lowest BCUT2D eigenvalue weighted by Crippen LogP contribution is -2.40. The number of halogens is 2.